The normalized spacial score (nSPS) is 26.3. The summed E-state index contributed by atoms with van der Waals surface area (Å²) in [6, 6.07) is 6.08. The van der Waals surface area contributed by atoms with Crippen LogP contribution in [0.25, 0.3) is 0 Å². The van der Waals surface area contributed by atoms with Crippen LogP contribution in [0.3, 0.4) is 0 Å². The van der Waals surface area contributed by atoms with Crippen molar-refractivity contribution in [1.29, 1.82) is 0 Å². The van der Waals surface area contributed by atoms with Crippen LogP contribution in [-0.2, 0) is 4.79 Å². The minimum atomic E-state index is -0.649. The van der Waals surface area contributed by atoms with E-state index < -0.39 is 24.2 Å². The second-order valence-corrected chi connectivity index (χ2v) is 6.78. The maximum absolute atomic E-state index is 12.5. The van der Waals surface area contributed by atoms with Crippen LogP contribution < -0.4 is 16.0 Å². The number of urea groups is 2. The molecule has 3 unspecified atom stereocenters. The summed E-state index contributed by atoms with van der Waals surface area (Å²) in [5.74, 6) is -0.984. The highest BCUT2D eigenvalue weighted by Gasteiger charge is 2.49. The molecule has 2 saturated heterocycles. The first-order valence-electron chi connectivity index (χ1n) is 7.96. The lowest BCUT2D eigenvalue weighted by Crippen LogP contribution is -2.72. The van der Waals surface area contributed by atoms with Crippen LogP contribution >= 0.6 is 15.9 Å². The maximum Gasteiger partial charge on any atom is 0.325 e. The molecule has 3 N–H and O–H groups in total. The first-order chi connectivity index (χ1) is 11.5. The molecule has 2 aliphatic rings. The number of carbonyl (C=O) groups excluding carboxylic acids is 3. The van der Waals surface area contributed by atoms with Gasteiger partial charge in [-0.1, -0.05) is 47.5 Å². The number of nitrogens with zero attached hydrogens (tertiary/aromatic N) is 1. The van der Waals surface area contributed by atoms with E-state index in [1.165, 1.54) is 4.90 Å². The van der Waals surface area contributed by atoms with Gasteiger partial charge in [0.2, 0.25) is 5.91 Å². The third kappa shape index (κ3) is 2.98. The zero-order chi connectivity index (χ0) is 17.3. The summed E-state index contributed by atoms with van der Waals surface area (Å²) in [5.41, 5.74) is 0.808. The minimum absolute atomic E-state index is 0.383. The molecule has 1 aromatic rings. The number of imide groups is 1. The highest BCUT2D eigenvalue weighted by Crippen LogP contribution is 2.35. The third-order valence-corrected chi connectivity index (χ3v) is 5.11. The summed E-state index contributed by atoms with van der Waals surface area (Å²) in [6.45, 7) is 2.51. The Labute approximate surface area is 148 Å². The van der Waals surface area contributed by atoms with Crippen molar-refractivity contribution in [2.75, 3.05) is 6.54 Å². The molecule has 8 heteroatoms. The van der Waals surface area contributed by atoms with Crippen LogP contribution in [0.2, 0.25) is 0 Å². The molecule has 0 radical (unpaired) electrons. The molecular weight excluding hydrogens is 376 g/mol. The van der Waals surface area contributed by atoms with Gasteiger partial charge in [0.05, 0.1) is 6.04 Å². The molecule has 0 aromatic heterocycles. The molecule has 2 fully saturated rings. The Morgan fingerprint density at radius 3 is 2.62 bits per heavy atom. The Kier molecular flexibility index (Phi) is 4.75. The second-order valence-electron chi connectivity index (χ2n) is 5.93. The van der Waals surface area contributed by atoms with E-state index in [0.29, 0.717) is 6.54 Å². The number of amides is 5. The largest absolute Gasteiger partial charge is 0.330 e. The molecule has 3 atom stereocenters. The van der Waals surface area contributed by atoms with Gasteiger partial charge in [-0.2, -0.15) is 0 Å². The Bertz CT molecular complexity index is 681. The van der Waals surface area contributed by atoms with E-state index in [4.69, 9.17) is 0 Å². The van der Waals surface area contributed by atoms with E-state index in [1.807, 2.05) is 31.2 Å². The Morgan fingerprint density at radius 1 is 1.17 bits per heavy atom. The van der Waals surface area contributed by atoms with Gasteiger partial charge in [-0.15, -0.1) is 0 Å². The summed E-state index contributed by atoms with van der Waals surface area (Å²) < 4.78 is 0.806. The number of rotatable bonds is 4. The van der Waals surface area contributed by atoms with Crippen molar-refractivity contribution in [3.05, 3.63) is 34.3 Å². The van der Waals surface area contributed by atoms with Gasteiger partial charge in [0, 0.05) is 11.0 Å². The van der Waals surface area contributed by atoms with Gasteiger partial charge in [0.1, 0.15) is 12.1 Å². The smallest absolute Gasteiger partial charge is 0.325 e. The van der Waals surface area contributed by atoms with E-state index in [9.17, 15) is 14.4 Å². The molecule has 2 aliphatic heterocycles. The molecule has 7 nitrogen and oxygen atoms in total. The van der Waals surface area contributed by atoms with E-state index in [1.54, 1.807) is 0 Å². The number of unbranched alkanes of at least 4 members (excludes halogenated alkanes) is 1. The summed E-state index contributed by atoms with van der Waals surface area (Å²) in [5, 5.41) is 7.96. The van der Waals surface area contributed by atoms with Crippen molar-refractivity contribution >= 4 is 33.9 Å². The number of fused-ring (bicyclic) bond motifs is 1. The molecule has 2 heterocycles. The average molecular weight is 395 g/mol. The number of hydrogen-bond acceptors (Lipinski definition) is 3. The summed E-state index contributed by atoms with van der Waals surface area (Å²) in [6.07, 6.45) is 1.06. The number of nitrogens with one attached hydrogen (secondary N) is 3. The molecular formula is C16H19BrN4O3. The van der Waals surface area contributed by atoms with Gasteiger partial charge in [-0.05, 0) is 18.1 Å². The van der Waals surface area contributed by atoms with E-state index in [0.717, 1.165) is 22.9 Å². The molecule has 1 aromatic carbocycles. The second kappa shape index (κ2) is 6.80. The summed E-state index contributed by atoms with van der Waals surface area (Å²) in [4.78, 5) is 38.4. The lowest BCUT2D eigenvalue weighted by atomic mass is 9.86. The predicted octanol–water partition coefficient (Wildman–Crippen LogP) is 2.10. The van der Waals surface area contributed by atoms with Gasteiger partial charge in [0.15, 0.2) is 0 Å². The molecule has 3 rings (SSSR count). The monoisotopic (exact) mass is 394 g/mol. The SMILES string of the molecule is CCCCN1C(=O)NC(=O)C2C(c3ccccc3Br)NC(=O)NC21. The van der Waals surface area contributed by atoms with Gasteiger partial charge >= 0.3 is 12.1 Å². The fourth-order valence-electron chi connectivity index (χ4n) is 3.20. The fourth-order valence-corrected chi connectivity index (χ4v) is 3.73. The number of carbonyl (C=O) groups is 3. The Hall–Kier alpha value is -2.09. The number of halogens is 1. The lowest BCUT2D eigenvalue weighted by molar-refractivity contribution is -0.130. The first-order valence-corrected chi connectivity index (χ1v) is 8.75. The van der Waals surface area contributed by atoms with Gasteiger partial charge in [0.25, 0.3) is 0 Å². The molecule has 5 amide bonds. The Morgan fingerprint density at radius 2 is 1.92 bits per heavy atom. The fraction of sp³-hybridized carbons (Fsp3) is 0.438. The average Bonchev–Trinajstić information content (AvgIpc) is 2.54. The van der Waals surface area contributed by atoms with Crippen molar-refractivity contribution in [1.82, 2.24) is 20.9 Å². The summed E-state index contributed by atoms with van der Waals surface area (Å²) in [7, 11) is 0. The minimum Gasteiger partial charge on any atom is -0.330 e. The standard InChI is InChI=1S/C16H19BrN4O3/c1-2-3-8-21-13-11(14(22)20-16(21)24)12(18-15(23)19-13)9-6-4-5-7-10(9)17/h4-7,11-13H,2-3,8H2,1H3,(H2,18,19,23)(H,20,22,24). The van der Waals surface area contributed by atoms with Crippen LogP contribution in [0.1, 0.15) is 31.4 Å². The van der Waals surface area contributed by atoms with Crippen LogP contribution in [0.5, 0.6) is 0 Å². The van der Waals surface area contributed by atoms with E-state index in [-0.39, 0.29) is 11.9 Å². The van der Waals surface area contributed by atoms with Crippen molar-refractivity contribution in [2.45, 2.75) is 32.0 Å². The van der Waals surface area contributed by atoms with Crippen LogP contribution in [-0.4, -0.2) is 35.6 Å². The van der Waals surface area contributed by atoms with Crippen LogP contribution in [0.15, 0.2) is 28.7 Å². The highest BCUT2D eigenvalue weighted by molar-refractivity contribution is 9.10. The van der Waals surface area contributed by atoms with Crippen molar-refractivity contribution in [3.8, 4) is 0 Å². The summed E-state index contributed by atoms with van der Waals surface area (Å²) >= 11 is 3.47. The molecule has 0 bridgehead atoms. The number of hydrogen-bond donors (Lipinski definition) is 3. The van der Waals surface area contributed by atoms with Gasteiger partial charge in [-0.25, -0.2) is 9.59 Å². The predicted molar refractivity (Wildman–Crippen MR) is 91.0 cm³/mol. The molecule has 0 aliphatic carbocycles. The van der Waals surface area contributed by atoms with Crippen molar-refractivity contribution in [3.63, 3.8) is 0 Å². The van der Waals surface area contributed by atoms with E-state index >= 15 is 0 Å². The molecule has 0 saturated carbocycles. The van der Waals surface area contributed by atoms with E-state index in [2.05, 4.69) is 31.9 Å². The Balaban J connectivity index is 1.97. The van der Waals surface area contributed by atoms with Gasteiger partial charge < -0.3 is 15.5 Å². The quantitative estimate of drug-likeness (QED) is 0.729. The molecule has 0 spiro atoms. The van der Waals surface area contributed by atoms with Crippen molar-refractivity contribution in [2.24, 2.45) is 5.92 Å². The van der Waals surface area contributed by atoms with Gasteiger partial charge in [-0.3, -0.25) is 10.1 Å². The van der Waals surface area contributed by atoms with Crippen molar-refractivity contribution < 1.29 is 14.4 Å². The number of benzene rings is 1. The molecule has 128 valence electrons. The zero-order valence-electron chi connectivity index (χ0n) is 13.2. The topological polar surface area (TPSA) is 90.5 Å². The first kappa shape index (κ1) is 16.8. The zero-order valence-corrected chi connectivity index (χ0v) is 14.8. The lowest BCUT2D eigenvalue weighted by Gasteiger charge is -2.46. The third-order valence-electron chi connectivity index (χ3n) is 4.39. The maximum atomic E-state index is 12.5. The van der Waals surface area contributed by atoms with Crippen LogP contribution in [0.4, 0.5) is 9.59 Å². The highest BCUT2D eigenvalue weighted by atomic mass is 79.9. The van der Waals surface area contributed by atoms with Crippen LogP contribution in [0, 0.1) is 5.92 Å². The molecule has 24 heavy (non-hydrogen) atoms.